The molecule has 1 unspecified atom stereocenters. The van der Waals surface area contributed by atoms with E-state index in [0.29, 0.717) is 5.92 Å². The predicted octanol–water partition coefficient (Wildman–Crippen LogP) is 2.32. The Labute approximate surface area is 115 Å². The van der Waals surface area contributed by atoms with Crippen LogP contribution in [0.3, 0.4) is 0 Å². The van der Waals surface area contributed by atoms with Crippen LogP contribution in [-0.2, 0) is 4.74 Å². The second-order valence-electron chi connectivity index (χ2n) is 5.26. The fraction of sp³-hybridized carbons (Fsp3) is 0.600. The van der Waals surface area contributed by atoms with Crippen LogP contribution in [0.15, 0.2) is 18.2 Å². The Bertz CT molecular complexity index is 403. The molecule has 1 atom stereocenters. The minimum atomic E-state index is 0.137. The Morgan fingerprint density at radius 3 is 2.79 bits per heavy atom. The lowest BCUT2D eigenvalue weighted by atomic mass is 9.89. The lowest BCUT2D eigenvalue weighted by molar-refractivity contribution is 0.0604. The summed E-state index contributed by atoms with van der Waals surface area (Å²) in [4.78, 5) is 0. The van der Waals surface area contributed by atoms with Crippen LogP contribution in [0.2, 0.25) is 0 Å². The van der Waals surface area contributed by atoms with Crippen LogP contribution in [0.25, 0.3) is 0 Å². The molecule has 4 nitrogen and oxygen atoms in total. The largest absolute Gasteiger partial charge is 0.496 e. The van der Waals surface area contributed by atoms with Crippen LogP contribution >= 0.6 is 0 Å². The number of methoxy groups -OCH3 is 1. The van der Waals surface area contributed by atoms with Gasteiger partial charge in [0.2, 0.25) is 0 Å². The smallest absolute Gasteiger partial charge is 0.123 e. The Kier molecular flexibility index (Phi) is 5.19. The number of ether oxygens (including phenoxy) is 2. The minimum Gasteiger partial charge on any atom is -0.496 e. The molecule has 1 aliphatic rings. The monoisotopic (exact) mass is 264 g/mol. The zero-order valence-electron chi connectivity index (χ0n) is 11.8. The zero-order chi connectivity index (χ0) is 13.7. The fourth-order valence-electron chi connectivity index (χ4n) is 2.73. The van der Waals surface area contributed by atoms with Crippen molar-refractivity contribution in [3.8, 4) is 5.75 Å². The predicted molar refractivity (Wildman–Crippen MR) is 76.0 cm³/mol. The molecule has 1 saturated heterocycles. The van der Waals surface area contributed by atoms with Gasteiger partial charge in [-0.25, -0.2) is 0 Å². The third-order valence-electron chi connectivity index (χ3n) is 3.87. The molecule has 0 amide bonds. The molecule has 4 heteroatoms. The maximum atomic E-state index is 5.76. The van der Waals surface area contributed by atoms with Gasteiger partial charge in [-0.15, -0.1) is 0 Å². The molecule has 0 saturated carbocycles. The Morgan fingerprint density at radius 2 is 2.16 bits per heavy atom. The van der Waals surface area contributed by atoms with E-state index in [-0.39, 0.29) is 6.04 Å². The van der Waals surface area contributed by atoms with Crippen molar-refractivity contribution in [1.29, 1.82) is 0 Å². The molecule has 1 aliphatic heterocycles. The number of hydrogen-bond acceptors (Lipinski definition) is 4. The molecule has 19 heavy (non-hydrogen) atoms. The van der Waals surface area contributed by atoms with E-state index < -0.39 is 0 Å². The van der Waals surface area contributed by atoms with Gasteiger partial charge in [0.1, 0.15) is 5.75 Å². The number of hydrogen-bond donors (Lipinski definition) is 2. The van der Waals surface area contributed by atoms with E-state index in [0.717, 1.165) is 43.8 Å². The van der Waals surface area contributed by atoms with Crippen molar-refractivity contribution < 1.29 is 9.47 Å². The first-order chi connectivity index (χ1) is 9.24. The van der Waals surface area contributed by atoms with Crippen molar-refractivity contribution >= 4 is 0 Å². The van der Waals surface area contributed by atoms with E-state index in [4.69, 9.17) is 15.3 Å². The lowest BCUT2D eigenvalue weighted by Crippen LogP contribution is -2.31. The van der Waals surface area contributed by atoms with Crippen LogP contribution in [-0.4, -0.2) is 20.3 Å². The number of aryl methyl sites for hydroxylation is 1. The van der Waals surface area contributed by atoms with Crippen molar-refractivity contribution in [3.05, 3.63) is 29.3 Å². The summed E-state index contributed by atoms with van der Waals surface area (Å²) in [5.41, 5.74) is 5.32. The third-order valence-corrected chi connectivity index (χ3v) is 3.87. The molecule has 1 fully saturated rings. The number of benzene rings is 1. The molecule has 1 aromatic rings. The van der Waals surface area contributed by atoms with Gasteiger partial charge in [0.05, 0.1) is 7.11 Å². The van der Waals surface area contributed by atoms with E-state index in [9.17, 15) is 0 Å². The molecular formula is C15H24N2O2. The van der Waals surface area contributed by atoms with Gasteiger partial charge in [0, 0.05) is 24.8 Å². The molecule has 3 N–H and O–H groups in total. The molecular weight excluding hydrogens is 240 g/mol. The average molecular weight is 264 g/mol. The van der Waals surface area contributed by atoms with Crippen molar-refractivity contribution in [2.45, 2.75) is 32.2 Å². The van der Waals surface area contributed by atoms with Crippen molar-refractivity contribution in [2.75, 3.05) is 20.3 Å². The summed E-state index contributed by atoms with van der Waals surface area (Å²) in [7, 11) is 1.70. The van der Waals surface area contributed by atoms with E-state index in [1.165, 1.54) is 5.56 Å². The summed E-state index contributed by atoms with van der Waals surface area (Å²) in [6.45, 7) is 3.82. The average Bonchev–Trinajstić information content (AvgIpc) is 2.46. The highest BCUT2D eigenvalue weighted by Gasteiger charge is 2.22. The number of nitrogens with two attached hydrogens (primary N) is 1. The van der Waals surface area contributed by atoms with E-state index in [1.807, 2.05) is 6.07 Å². The van der Waals surface area contributed by atoms with Gasteiger partial charge < -0.3 is 9.47 Å². The molecule has 1 heterocycles. The van der Waals surface area contributed by atoms with Gasteiger partial charge in [-0.05, 0) is 38.2 Å². The maximum Gasteiger partial charge on any atom is 0.123 e. The summed E-state index contributed by atoms with van der Waals surface area (Å²) in [5.74, 6) is 7.33. The summed E-state index contributed by atoms with van der Waals surface area (Å²) in [5, 5.41) is 0. The van der Waals surface area contributed by atoms with Crippen LogP contribution in [0, 0.1) is 12.8 Å². The Hall–Kier alpha value is -1.10. The lowest BCUT2D eigenvalue weighted by Gasteiger charge is -2.27. The molecule has 1 aromatic carbocycles. The van der Waals surface area contributed by atoms with Crippen LogP contribution in [0.4, 0.5) is 0 Å². The van der Waals surface area contributed by atoms with Gasteiger partial charge in [-0.1, -0.05) is 17.7 Å². The first-order valence-electron chi connectivity index (χ1n) is 6.93. The van der Waals surface area contributed by atoms with Crippen molar-refractivity contribution in [3.63, 3.8) is 0 Å². The maximum absolute atomic E-state index is 5.76. The minimum absolute atomic E-state index is 0.137. The zero-order valence-corrected chi connectivity index (χ0v) is 11.8. The second-order valence-corrected chi connectivity index (χ2v) is 5.26. The van der Waals surface area contributed by atoms with Gasteiger partial charge in [-0.2, -0.15) is 0 Å². The summed E-state index contributed by atoms with van der Waals surface area (Å²) >= 11 is 0. The van der Waals surface area contributed by atoms with Crippen LogP contribution in [0.1, 0.15) is 36.4 Å². The Balaban J connectivity index is 2.13. The highest BCUT2D eigenvalue weighted by molar-refractivity contribution is 5.39. The summed E-state index contributed by atoms with van der Waals surface area (Å²) in [6, 6.07) is 6.37. The Morgan fingerprint density at radius 1 is 1.42 bits per heavy atom. The van der Waals surface area contributed by atoms with Gasteiger partial charge in [-0.3, -0.25) is 11.3 Å². The SMILES string of the molecule is COc1ccc(C)cc1C(CC1CCOCC1)NN. The summed E-state index contributed by atoms with van der Waals surface area (Å²) in [6.07, 6.45) is 3.26. The van der Waals surface area contributed by atoms with E-state index in [2.05, 4.69) is 24.5 Å². The molecule has 0 aliphatic carbocycles. The number of hydrazine groups is 1. The summed E-state index contributed by atoms with van der Waals surface area (Å²) < 4.78 is 10.9. The molecule has 0 aromatic heterocycles. The molecule has 0 radical (unpaired) electrons. The topological polar surface area (TPSA) is 56.5 Å². The van der Waals surface area contributed by atoms with Crippen LogP contribution in [0.5, 0.6) is 5.75 Å². The van der Waals surface area contributed by atoms with Gasteiger partial charge >= 0.3 is 0 Å². The molecule has 2 rings (SSSR count). The fourth-order valence-corrected chi connectivity index (χ4v) is 2.73. The molecule has 0 spiro atoms. The first kappa shape index (κ1) is 14.3. The van der Waals surface area contributed by atoms with E-state index >= 15 is 0 Å². The highest BCUT2D eigenvalue weighted by atomic mass is 16.5. The molecule has 106 valence electrons. The van der Waals surface area contributed by atoms with Crippen molar-refractivity contribution in [2.24, 2.45) is 11.8 Å². The highest BCUT2D eigenvalue weighted by Crippen LogP contribution is 2.32. The van der Waals surface area contributed by atoms with Crippen LogP contribution < -0.4 is 16.0 Å². The third kappa shape index (κ3) is 3.69. The standard InChI is InChI=1S/C15H24N2O2/c1-11-3-4-15(18-2)13(9-11)14(17-16)10-12-5-7-19-8-6-12/h3-4,9,12,14,17H,5-8,10,16H2,1-2H3. The normalized spacial score (nSPS) is 18.3. The van der Waals surface area contributed by atoms with Crippen molar-refractivity contribution in [1.82, 2.24) is 5.43 Å². The quantitative estimate of drug-likeness (QED) is 0.633. The second kappa shape index (κ2) is 6.89. The van der Waals surface area contributed by atoms with Gasteiger partial charge in [0.25, 0.3) is 0 Å². The molecule has 0 bridgehead atoms. The van der Waals surface area contributed by atoms with E-state index in [1.54, 1.807) is 7.11 Å². The number of nitrogens with one attached hydrogen (secondary N) is 1. The van der Waals surface area contributed by atoms with Gasteiger partial charge in [0.15, 0.2) is 0 Å². The number of rotatable bonds is 5. The first-order valence-corrected chi connectivity index (χ1v) is 6.93.